The van der Waals surface area contributed by atoms with Gasteiger partial charge in [0.25, 0.3) is 0 Å². The highest BCUT2D eigenvalue weighted by molar-refractivity contribution is 7.50. The number of hydrogen-bond acceptors (Lipinski definition) is 3. The SMILES string of the molecule is CNP(N)N. The van der Waals surface area contributed by atoms with Crippen molar-refractivity contribution in [1.29, 1.82) is 0 Å². The fraction of sp³-hybridized carbons (Fsp3) is 1.00. The van der Waals surface area contributed by atoms with Gasteiger partial charge in [-0.1, -0.05) is 0 Å². The minimum Gasteiger partial charge on any atom is -0.285 e. The molecule has 0 rings (SSSR count). The Labute approximate surface area is 32.6 Å². The molecule has 0 unspecified atom stereocenters. The Kier molecular flexibility index (Phi) is 2.70. The van der Waals surface area contributed by atoms with E-state index in [1.807, 2.05) is 0 Å². The summed E-state index contributed by atoms with van der Waals surface area (Å²) in [6, 6.07) is 0. The molecule has 0 aliphatic rings. The van der Waals surface area contributed by atoms with E-state index in [0.717, 1.165) is 0 Å². The summed E-state index contributed by atoms with van der Waals surface area (Å²) in [5, 5.41) is 2.65. The molecule has 0 amide bonds. The molecule has 4 heteroatoms. The van der Waals surface area contributed by atoms with Crippen LogP contribution in [0.4, 0.5) is 0 Å². The van der Waals surface area contributed by atoms with Crippen LogP contribution < -0.4 is 16.1 Å². The summed E-state index contributed by atoms with van der Waals surface area (Å²) in [5.74, 6) is 0. The van der Waals surface area contributed by atoms with Crippen LogP contribution in [0, 0.1) is 0 Å². The monoisotopic (exact) mass is 93.0 g/mol. The molecule has 0 spiro atoms. The standard InChI is InChI=1S/CH8N3P/c1-4-5(2)3/h4H,2-3H2,1H3. The minimum absolute atomic E-state index is 0.848. The normalized spacial score (nSPS) is 9.60. The first-order chi connectivity index (χ1) is 2.27. The third kappa shape index (κ3) is 4.31. The predicted octanol–water partition coefficient (Wildman–Crippen LogP) is -0.650. The number of hydrogen-bond donors (Lipinski definition) is 3. The van der Waals surface area contributed by atoms with E-state index in [4.69, 9.17) is 11.0 Å². The Morgan fingerprint density at radius 2 is 1.80 bits per heavy atom. The summed E-state index contributed by atoms with van der Waals surface area (Å²) < 4.78 is 0. The third-order valence-corrected chi connectivity index (χ3v) is 0.775. The molecule has 0 saturated carbocycles. The van der Waals surface area contributed by atoms with Crippen molar-refractivity contribution in [3.63, 3.8) is 0 Å². The highest BCUT2D eigenvalue weighted by atomic mass is 31.1. The van der Waals surface area contributed by atoms with Crippen LogP contribution in [0.2, 0.25) is 0 Å². The molecule has 0 fully saturated rings. The summed E-state index contributed by atoms with van der Waals surface area (Å²) in [6.45, 7) is 0. The lowest BCUT2D eigenvalue weighted by Crippen LogP contribution is -2.11. The van der Waals surface area contributed by atoms with E-state index in [1.54, 1.807) is 7.05 Å². The van der Waals surface area contributed by atoms with Gasteiger partial charge in [0.15, 0.2) is 0 Å². The van der Waals surface area contributed by atoms with Crippen molar-refractivity contribution < 1.29 is 0 Å². The molecular formula is CH8N3P. The van der Waals surface area contributed by atoms with Crippen molar-refractivity contribution in [2.45, 2.75) is 0 Å². The van der Waals surface area contributed by atoms with Crippen LogP contribution in [0.15, 0.2) is 0 Å². The van der Waals surface area contributed by atoms with E-state index in [-0.39, 0.29) is 0 Å². The summed E-state index contributed by atoms with van der Waals surface area (Å²) >= 11 is 0. The molecule has 0 aliphatic carbocycles. The molecule has 3 nitrogen and oxygen atoms in total. The van der Waals surface area contributed by atoms with E-state index in [1.165, 1.54) is 0 Å². The highest BCUT2D eigenvalue weighted by Crippen LogP contribution is 1.98. The molecular weight excluding hydrogens is 85.0 g/mol. The van der Waals surface area contributed by atoms with Gasteiger partial charge in [0.05, 0.1) is 0 Å². The number of rotatable bonds is 1. The second-order valence-corrected chi connectivity index (χ2v) is 1.89. The molecule has 0 atom stereocenters. The van der Waals surface area contributed by atoms with Crippen LogP contribution in [0.25, 0.3) is 0 Å². The zero-order valence-electron chi connectivity index (χ0n) is 3.10. The maximum Gasteiger partial charge on any atom is 0.105 e. The van der Waals surface area contributed by atoms with Crippen LogP contribution in [0.5, 0.6) is 0 Å². The van der Waals surface area contributed by atoms with Crippen molar-refractivity contribution in [3.05, 3.63) is 0 Å². The van der Waals surface area contributed by atoms with Gasteiger partial charge in [-0.25, -0.2) is 0 Å². The van der Waals surface area contributed by atoms with E-state index in [2.05, 4.69) is 5.09 Å². The maximum absolute atomic E-state index is 5.02. The molecule has 32 valence electrons. The Hall–Kier alpha value is 0.310. The van der Waals surface area contributed by atoms with Crippen LogP contribution in [0.3, 0.4) is 0 Å². The van der Waals surface area contributed by atoms with Gasteiger partial charge in [-0.15, -0.1) is 0 Å². The summed E-state index contributed by atoms with van der Waals surface area (Å²) in [4.78, 5) is 0. The minimum atomic E-state index is -0.848. The van der Waals surface area contributed by atoms with E-state index < -0.39 is 8.37 Å². The van der Waals surface area contributed by atoms with Gasteiger partial charge >= 0.3 is 0 Å². The first kappa shape index (κ1) is 5.31. The van der Waals surface area contributed by atoms with Crippen molar-refractivity contribution >= 4 is 8.37 Å². The average Bonchev–Trinajstić information content (AvgIpc) is 1.38. The van der Waals surface area contributed by atoms with Crippen molar-refractivity contribution in [2.75, 3.05) is 7.05 Å². The molecule has 0 heterocycles. The van der Waals surface area contributed by atoms with Gasteiger partial charge in [-0.2, -0.15) is 0 Å². The van der Waals surface area contributed by atoms with Crippen LogP contribution >= 0.6 is 8.37 Å². The van der Waals surface area contributed by atoms with Gasteiger partial charge in [-0.3, -0.25) is 16.1 Å². The topological polar surface area (TPSA) is 64.1 Å². The van der Waals surface area contributed by atoms with E-state index in [0.29, 0.717) is 0 Å². The van der Waals surface area contributed by atoms with Gasteiger partial charge in [0.1, 0.15) is 8.37 Å². The zero-order valence-corrected chi connectivity index (χ0v) is 4.00. The summed E-state index contributed by atoms with van der Waals surface area (Å²) in [7, 11) is 0.880. The van der Waals surface area contributed by atoms with Crippen LogP contribution in [-0.4, -0.2) is 7.05 Å². The number of nitrogens with two attached hydrogens (primary N) is 2. The molecule has 0 aliphatic heterocycles. The first-order valence-electron chi connectivity index (χ1n) is 1.24. The van der Waals surface area contributed by atoms with Crippen molar-refractivity contribution in [2.24, 2.45) is 11.0 Å². The van der Waals surface area contributed by atoms with Gasteiger partial charge in [0.2, 0.25) is 0 Å². The summed E-state index contributed by atoms with van der Waals surface area (Å²) in [5.41, 5.74) is 10.0. The maximum atomic E-state index is 5.02. The van der Waals surface area contributed by atoms with Crippen molar-refractivity contribution in [3.8, 4) is 0 Å². The largest absolute Gasteiger partial charge is 0.285 e. The quantitative estimate of drug-likeness (QED) is 0.377. The molecule has 0 aromatic heterocycles. The molecule has 0 saturated heterocycles. The lowest BCUT2D eigenvalue weighted by atomic mass is 11.6. The van der Waals surface area contributed by atoms with E-state index in [9.17, 15) is 0 Å². The lowest BCUT2D eigenvalue weighted by molar-refractivity contribution is 1.24. The Bertz CT molecular complexity index is 20.9. The molecule has 0 aromatic rings. The van der Waals surface area contributed by atoms with Gasteiger partial charge in [-0.05, 0) is 7.05 Å². The smallest absolute Gasteiger partial charge is 0.105 e. The first-order valence-corrected chi connectivity index (χ1v) is 2.72. The molecule has 0 radical (unpaired) electrons. The summed E-state index contributed by atoms with van der Waals surface area (Å²) in [6.07, 6.45) is 0. The predicted molar refractivity (Wildman–Crippen MR) is 24.4 cm³/mol. The van der Waals surface area contributed by atoms with Crippen molar-refractivity contribution in [1.82, 2.24) is 5.09 Å². The van der Waals surface area contributed by atoms with Crippen LogP contribution in [-0.2, 0) is 0 Å². The Balaban J connectivity index is 2.54. The zero-order chi connectivity index (χ0) is 4.28. The molecule has 0 bridgehead atoms. The van der Waals surface area contributed by atoms with Crippen LogP contribution in [0.1, 0.15) is 0 Å². The molecule has 0 aromatic carbocycles. The Morgan fingerprint density at radius 3 is 1.80 bits per heavy atom. The average molecular weight is 93.1 g/mol. The molecule has 5 N–H and O–H groups in total. The number of nitrogens with one attached hydrogen (secondary N) is 1. The van der Waals surface area contributed by atoms with Gasteiger partial charge < -0.3 is 0 Å². The fourth-order valence-corrected chi connectivity index (χ4v) is 0. The highest BCUT2D eigenvalue weighted by Gasteiger charge is 1.76. The Morgan fingerprint density at radius 1 is 1.60 bits per heavy atom. The van der Waals surface area contributed by atoms with Gasteiger partial charge in [0, 0.05) is 0 Å². The third-order valence-electron chi connectivity index (χ3n) is 0.258. The second-order valence-electron chi connectivity index (χ2n) is 0.631. The lowest BCUT2D eigenvalue weighted by Gasteiger charge is -1.95. The van der Waals surface area contributed by atoms with E-state index >= 15 is 0 Å². The fourth-order valence-electron chi connectivity index (χ4n) is 0. The second kappa shape index (κ2) is 2.54. The molecule has 5 heavy (non-hydrogen) atoms.